The van der Waals surface area contributed by atoms with E-state index < -0.39 is 33.6 Å². The molecule has 0 aromatic rings. The van der Waals surface area contributed by atoms with Crippen LogP contribution in [0.1, 0.15) is 33.6 Å². The fourth-order valence-corrected chi connectivity index (χ4v) is 3.65. The van der Waals surface area contributed by atoms with Gasteiger partial charge in [-0.3, -0.25) is 9.59 Å². The van der Waals surface area contributed by atoms with Crippen LogP contribution in [0.25, 0.3) is 0 Å². The number of rotatable bonds is 6. The lowest BCUT2D eigenvalue weighted by atomic mass is 10.0. The molecule has 122 valence electrons. The normalized spacial score (nSPS) is 21.0. The lowest BCUT2D eigenvalue weighted by Crippen LogP contribution is -2.56. The molecule has 1 aliphatic heterocycles. The molecule has 1 unspecified atom stereocenters. The summed E-state index contributed by atoms with van der Waals surface area (Å²) in [6.45, 7) is 4.71. The van der Waals surface area contributed by atoms with Gasteiger partial charge in [0.1, 0.15) is 5.54 Å². The predicted molar refractivity (Wildman–Crippen MR) is 74.7 cm³/mol. The zero-order chi connectivity index (χ0) is 16.3. The molecule has 1 saturated heterocycles. The zero-order valence-corrected chi connectivity index (χ0v) is 13.3. The number of nitrogens with zero attached hydrogens (tertiary/aromatic N) is 1. The number of esters is 1. The van der Waals surface area contributed by atoms with Crippen LogP contribution in [0.4, 0.5) is 0 Å². The Labute approximate surface area is 124 Å². The van der Waals surface area contributed by atoms with Gasteiger partial charge in [-0.25, -0.2) is 0 Å². The molecule has 0 radical (unpaired) electrons. The third kappa shape index (κ3) is 4.65. The summed E-state index contributed by atoms with van der Waals surface area (Å²) in [6.07, 6.45) is 1.09. The zero-order valence-electron chi connectivity index (χ0n) is 12.5. The van der Waals surface area contributed by atoms with Crippen molar-refractivity contribution in [3.63, 3.8) is 0 Å². The van der Waals surface area contributed by atoms with E-state index in [-0.39, 0.29) is 19.7 Å². The molecule has 0 aromatic heterocycles. The molecule has 0 amide bonds. The first-order valence-corrected chi connectivity index (χ1v) is 8.23. The minimum atomic E-state index is -3.97. The van der Waals surface area contributed by atoms with Gasteiger partial charge < -0.3 is 9.84 Å². The summed E-state index contributed by atoms with van der Waals surface area (Å²) in [7, 11) is -3.97. The fraction of sp³-hybridized carbons (Fsp3) is 0.833. The largest absolute Gasteiger partial charge is 0.480 e. The first kappa shape index (κ1) is 17.9. The molecule has 0 aromatic carbocycles. The third-order valence-corrected chi connectivity index (χ3v) is 5.04. The topological polar surface area (TPSA) is 113 Å². The number of aliphatic carboxylic acids is 1. The first-order valence-electron chi connectivity index (χ1n) is 6.79. The lowest BCUT2D eigenvalue weighted by Gasteiger charge is -2.33. The average Bonchev–Trinajstić information content (AvgIpc) is 2.38. The van der Waals surface area contributed by atoms with Crippen LogP contribution in [0, 0.1) is 5.92 Å². The summed E-state index contributed by atoms with van der Waals surface area (Å²) < 4.78 is 32.6. The molecule has 1 rings (SSSR count). The van der Waals surface area contributed by atoms with Crippen molar-refractivity contribution in [1.82, 2.24) is 9.03 Å². The molecule has 21 heavy (non-hydrogen) atoms. The molecule has 2 N–H and O–H groups in total. The summed E-state index contributed by atoms with van der Waals surface area (Å²) >= 11 is 0. The van der Waals surface area contributed by atoms with E-state index in [0.29, 0.717) is 12.8 Å². The third-order valence-electron chi connectivity index (χ3n) is 3.26. The number of carbonyl (C=O) groups is 2. The number of carboxylic acid groups (broad SMARTS) is 1. The Balaban J connectivity index is 2.79. The molecule has 0 saturated carbocycles. The molecule has 1 atom stereocenters. The second-order valence-corrected chi connectivity index (χ2v) is 7.16. The van der Waals surface area contributed by atoms with Crippen molar-refractivity contribution in [3.05, 3.63) is 0 Å². The molecule has 1 fully saturated rings. The van der Waals surface area contributed by atoms with Gasteiger partial charge in [0.15, 0.2) is 0 Å². The molecule has 0 aliphatic carbocycles. The monoisotopic (exact) mass is 322 g/mol. The van der Waals surface area contributed by atoms with Crippen molar-refractivity contribution in [3.8, 4) is 0 Å². The van der Waals surface area contributed by atoms with E-state index in [2.05, 4.69) is 4.72 Å². The number of carboxylic acids is 1. The minimum Gasteiger partial charge on any atom is -0.480 e. The molecular formula is C12H22N2O6S. The van der Waals surface area contributed by atoms with Crippen molar-refractivity contribution in [1.29, 1.82) is 0 Å². The maximum atomic E-state index is 12.2. The van der Waals surface area contributed by atoms with E-state index in [4.69, 9.17) is 9.84 Å². The number of piperidine rings is 1. The standard InChI is InChI=1S/C12H22N2O6S/c1-4-20-10(15)9-6-5-7-14(8-9)21(18,19)13-12(2,3)11(16)17/h9,13H,4-8H2,1-3H3,(H,16,17). The van der Waals surface area contributed by atoms with Crippen LogP contribution in [0.5, 0.6) is 0 Å². The quantitative estimate of drug-likeness (QED) is 0.663. The summed E-state index contributed by atoms with van der Waals surface area (Å²) in [4.78, 5) is 22.7. The van der Waals surface area contributed by atoms with Gasteiger partial charge in [-0.2, -0.15) is 17.4 Å². The summed E-state index contributed by atoms with van der Waals surface area (Å²) in [5.41, 5.74) is -1.62. The maximum absolute atomic E-state index is 12.2. The Kier molecular flexibility index (Phi) is 5.71. The Morgan fingerprint density at radius 2 is 2.05 bits per heavy atom. The Morgan fingerprint density at radius 1 is 1.43 bits per heavy atom. The van der Waals surface area contributed by atoms with E-state index >= 15 is 0 Å². The molecular weight excluding hydrogens is 300 g/mol. The highest BCUT2D eigenvalue weighted by Crippen LogP contribution is 2.21. The molecule has 0 bridgehead atoms. The van der Waals surface area contributed by atoms with Crippen LogP contribution in [0.3, 0.4) is 0 Å². The highest BCUT2D eigenvalue weighted by molar-refractivity contribution is 7.87. The minimum absolute atomic E-state index is 0.00384. The van der Waals surface area contributed by atoms with Crippen molar-refractivity contribution in [2.45, 2.75) is 39.2 Å². The van der Waals surface area contributed by atoms with Gasteiger partial charge in [-0.1, -0.05) is 0 Å². The van der Waals surface area contributed by atoms with Crippen molar-refractivity contribution in [2.75, 3.05) is 19.7 Å². The number of carbonyl (C=O) groups excluding carboxylic acids is 1. The van der Waals surface area contributed by atoms with E-state index in [9.17, 15) is 18.0 Å². The van der Waals surface area contributed by atoms with Crippen LogP contribution in [0.15, 0.2) is 0 Å². The summed E-state index contributed by atoms with van der Waals surface area (Å²) in [6, 6.07) is 0. The number of nitrogens with one attached hydrogen (secondary N) is 1. The summed E-state index contributed by atoms with van der Waals surface area (Å²) in [5, 5.41) is 8.99. The van der Waals surface area contributed by atoms with Gasteiger partial charge in [-0.15, -0.1) is 0 Å². The molecule has 1 aliphatic rings. The van der Waals surface area contributed by atoms with Gasteiger partial charge >= 0.3 is 11.9 Å². The van der Waals surface area contributed by atoms with Gasteiger partial charge in [0.2, 0.25) is 0 Å². The molecule has 1 heterocycles. The lowest BCUT2D eigenvalue weighted by molar-refractivity contribution is -0.149. The van der Waals surface area contributed by atoms with Gasteiger partial charge in [0, 0.05) is 13.1 Å². The fourth-order valence-electron chi connectivity index (χ4n) is 2.04. The van der Waals surface area contributed by atoms with Crippen LogP contribution in [0.2, 0.25) is 0 Å². The van der Waals surface area contributed by atoms with E-state index in [0.717, 1.165) is 4.31 Å². The highest BCUT2D eigenvalue weighted by atomic mass is 32.2. The number of hydrogen-bond donors (Lipinski definition) is 2. The SMILES string of the molecule is CCOC(=O)C1CCCN(S(=O)(=O)NC(C)(C)C(=O)O)C1. The van der Waals surface area contributed by atoms with Gasteiger partial charge in [0.25, 0.3) is 10.2 Å². The average molecular weight is 322 g/mol. The molecule has 9 heteroatoms. The van der Waals surface area contributed by atoms with Gasteiger partial charge in [-0.05, 0) is 33.6 Å². The Bertz CT molecular complexity index is 502. The van der Waals surface area contributed by atoms with Crippen molar-refractivity contribution in [2.24, 2.45) is 5.92 Å². The van der Waals surface area contributed by atoms with E-state index in [1.54, 1.807) is 6.92 Å². The van der Waals surface area contributed by atoms with Crippen LogP contribution in [-0.2, 0) is 24.5 Å². The van der Waals surface area contributed by atoms with Crippen molar-refractivity contribution < 1.29 is 27.9 Å². The Hall–Kier alpha value is -1.19. The molecule has 0 spiro atoms. The van der Waals surface area contributed by atoms with Crippen LogP contribution in [-0.4, -0.2) is 55.0 Å². The smallest absolute Gasteiger partial charge is 0.324 e. The highest BCUT2D eigenvalue weighted by Gasteiger charge is 2.38. The maximum Gasteiger partial charge on any atom is 0.324 e. The van der Waals surface area contributed by atoms with Crippen LogP contribution < -0.4 is 4.72 Å². The number of ether oxygens (including phenoxy) is 1. The first-order chi connectivity index (χ1) is 9.60. The second-order valence-electron chi connectivity index (χ2n) is 5.49. The number of hydrogen-bond acceptors (Lipinski definition) is 5. The van der Waals surface area contributed by atoms with Crippen molar-refractivity contribution >= 4 is 22.1 Å². The van der Waals surface area contributed by atoms with E-state index in [1.807, 2.05) is 0 Å². The predicted octanol–water partition coefficient (Wildman–Crippen LogP) is -0.0409. The molecule has 8 nitrogen and oxygen atoms in total. The summed E-state index contributed by atoms with van der Waals surface area (Å²) in [5.74, 6) is -2.21. The van der Waals surface area contributed by atoms with E-state index in [1.165, 1.54) is 13.8 Å². The van der Waals surface area contributed by atoms with Crippen LogP contribution >= 0.6 is 0 Å². The Morgan fingerprint density at radius 3 is 2.57 bits per heavy atom. The second kappa shape index (κ2) is 6.71. The van der Waals surface area contributed by atoms with Gasteiger partial charge in [0.05, 0.1) is 12.5 Å².